The summed E-state index contributed by atoms with van der Waals surface area (Å²) < 4.78 is 0. The van der Waals surface area contributed by atoms with Crippen LogP contribution >= 0.6 is 0 Å². The predicted octanol–water partition coefficient (Wildman–Crippen LogP) is 5.51. The van der Waals surface area contributed by atoms with Crippen molar-refractivity contribution in [3.05, 3.63) is 105 Å². The average Bonchev–Trinajstić information content (AvgIpc) is 2.78. The maximum absolute atomic E-state index is 8.77. The normalized spacial score (nSPS) is 10.1. The van der Waals surface area contributed by atoms with Crippen molar-refractivity contribution < 1.29 is 15.3 Å². The van der Waals surface area contributed by atoms with Gasteiger partial charge in [0.25, 0.3) is 0 Å². The lowest BCUT2D eigenvalue weighted by Gasteiger charge is -2.06. The van der Waals surface area contributed by atoms with Gasteiger partial charge in [0, 0.05) is 19.8 Å². The van der Waals surface area contributed by atoms with Crippen molar-refractivity contribution in [1.29, 1.82) is 0 Å². The summed E-state index contributed by atoms with van der Waals surface area (Å²) >= 11 is 0. The first-order valence-corrected chi connectivity index (χ1v) is 11.7. The Morgan fingerprint density at radius 1 is 0.515 bits per heavy atom. The molecular weight excluding hydrogens is 408 g/mol. The topological polar surface area (TPSA) is 60.7 Å². The lowest BCUT2D eigenvalue weighted by Crippen LogP contribution is -1.96. The summed E-state index contributed by atoms with van der Waals surface area (Å²) in [4.78, 5) is 0. The van der Waals surface area contributed by atoms with Crippen LogP contribution in [-0.4, -0.2) is 35.1 Å². The van der Waals surface area contributed by atoms with Crippen LogP contribution in [0.2, 0.25) is 0 Å². The zero-order valence-corrected chi connectivity index (χ0v) is 21.3. The minimum Gasteiger partial charge on any atom is -0.396 e. The number of aliphatic hydroxyl groups excluding tert-OH is 3. The predicted molar refractivity (Wildman–Crippen MR) is 140 cm³/mol. The third kappa shape index (κ3) is 9.91. The zero-order chi connectivity index (χ0) is 24.8. The van der Waals surface area contributed by atoms with Gasteiger partial charge in [0.2, 0.25) is 0 Å². The molecule has 0 aliphatic carbocycles. The molecule has 0 heterocycles. The van der Waals surface area contributed by atoms with E-state index in [4.69, 9.17) is 15.3 Å². The summed E-state index contributed by atoms with van der Waals surface area (Å²) in [6, 6.07) is 18.7. The molecule has 180 valence electrons. The molecule has 0 aliphatic rings. The van der Waals surface area contributed by atoms with Crippen LogP contribution in [0, 0.1) is 41.5 Å². The number of rotatable bonds is 6. The molecule has 3 rings (SSSR count). The molecule has 0 aromatic heterocycles. The van der Waals surface area contributed by atoms with Crippen LogP contribution in [0.25, 0.3) is 0 Å². The first kappa shape index (κ1) is 28.6. The highest BCUT2D eigenvalue weighted by atomic mass is 16.3. The Kier molecular flexibility index (Phi) is 13.3. The summed E-state index contributed by atoms with van der Waals surface area (Å²) in [5.41, 5.74) is 11.5. The van der Waals surface area contributed by atoms with Crippen molar-refractivity contribution in [3.63, 3.8) is 0 Å². The number of benzene rings is 3. The summed E-state index contributed by atoms with van der Waals surface area (Å²) in [7, 11) is 0. The van der Waals surface area contributed by atoms with E-state index in [1.165, 1.54) is 50.1 Å². The Hall–Kier alpha value is -2.46. The van der Waals surface area contributed by atoms with Gasteiger partial charge in [0.05, 0.1) is 0 Å². The first-order chi connectivity index (χ1) is 15.7. The SMILES string of the molecule is Cc1ccc(CCO)cc1C.Cc1cccc(C)c1CCO.Cc1cccc(CCO)c1C. The molecule has 0 aliphatic heterocycles. The van der Waals surface area contributed by atoms with Gasteiger partial charge in [-0.15, -0.1) is 0 Å². The fraction of sp³-hybridized carbons (Fsp3) is 0.400. The van der Waals surface area contributed by atoms with Crippen molar-refractivity contribution in [2.75, 3.05) is 19.8 Å². The van der Waals surface area contributed by atoms with E-state index >= 15 is 0 Å². The standard InChI is InChI=1S/3C10H14O/c1-8-3-4-10(5-6-11)7-9(8)2;1-8-4-3-5-10(6-7-11)9(8)2;1-8-4-3-5-9(2)10(8)6-7-11/h3-4,7,11H,5-6H2,1-2H3;2*3-5,11H,6-7H2,1-2H3. The van der Waals surface area contributed by atoms with Crippen LogP contribution in [0.4, 0.5) is 0 Å². The number of aliphatic hydroxyl groups is 3. The van der Waals surface area contributed by atoms with E-state index in [0.29, 0.717) is 0 Å². The monoisotopic (exact) mass is 450 g/mol. The van der Waals surface area contributed by atoms with Gasteiger partial charge in [0.1, 0.15) is 0 Å². The minimum absolute atomic E-state index is 0.239. The fourth-order valence-electron chi connectivity index (χ4n) is 3.65. The fourth-order valence-corrected chi connectivity index (χ4v) is 3.65. The molecule has 0 bridgehead atoms. The van der Waals surface area contributed by atoms with E-state index in [1.54, 1.807) is 0 Å². The molecule has 3 aromatic rings. The molecule has 0 radical (unpaired) electrons. The van der Waals surface area contributed by atoms with Gasteiger partial charge in [-0.2, -0.15) is 0 Å². The second kappa shape index (κ2) is 15.4. The molecule has 0 unspecified atom stereocenters. The molecule has 0 saturated carbocycles. The van der Waals surface area contributed by atoms with E-state index in [2.05, 4.69) is 84.0 Å². The number of aryl methyl sites for hydroxylation is 5. The van der Waals surface area contributed by atoms with Crippen LogP contribution < -0.4 is 0 Å². The Morgan fingerprint density at radius 2 is 1.06 bits per heavy atom. The lowest BCUT2D eigenvalue weighted by molar-refractivity contribution is 0.299. The molecule has 3 heteroatoms. The average molecular weight is 451 g/mol. The number of hydrogen-bond acceptors (Lipinski definition) is 3. The minimum atomic E-state index is 0.239. The Labute approximate surface area is 200 Å². The largest absolute Gasteiger partial charge is 0.396 e. The maximum atomic E-state index is 8.77. The maximum Gasteiger partial charge on any atom is 0.0471 e. The highest BCUT2D eigenvalue weighted by Gasteiger charge is 2.00. The molecule has 3 nitrogen and oxygen atoms in total. The van der Waals surface area contributed by atoms with Gasteiger partial charge in [-0.3, -0.25) is 0 Å². The van der Waals surface area contributed by atoms with E-state index in [1.807, 2.05) is 12.1 Å². The molecule has 0 atom stereocenters. The molecule has 3 N–H and O–H groups in total. The molecule has 0 fully saturated rings. The van der Waals surface area contributed by atoms with Gasteiger partial charge in [0.15, 0.2) is 0 Å². The van der Waals surface area contributed by atoms with E-state index in [9.17, 15) is 0 Å². The van der Waals surface area contributed by atoms with Gasteiger partial charge < -0.3 is 15.3 Å². The molecular formula is C30H42O3. The third-order valence-corrected chi connectivity index (χ3v) is 6.08. The van der Waals surface area contributed by atoms with E-state index in [0.717, 1.165) is 19.3 Å². The summed E-state index contributed by atoms with van der Waals surface area (Å²) in [5, 5.41) is 26.2. The van der Waals surface area contributed by atoms with Crippen molar-refractivity contribution in [1.82, 2.24) is 0 Å². The smallest absolute Gasteiger partial charge is 0.0471 e. The summed E-state index contributed by atoms with van der Waals surface area (Å²) in [6.07, 6.45) is 2.31. The quantitative estimate of drug-likeness (QED) is 0.464. The molecule has 0 spiro atoms. The zero-order valence-electron chi connectivity index (χ0n) is 21.3. The molecule has 3 aromatic carbocycles. The molecule has 0 saturated heterocycles. The van der Waals surface area contributed by atoms with Gasteiger partial charge in [-0.25, -0.2) is 0 Å². The molecule has 33 heavy (non-hydrogen) atoms. The van der Waals surface area contributed by atoms with E-state index in [-0.39, 0.29) is 19.8 Å². The summed E-state index contributed by atoms with van der Waals surface area (Å²) in [6.45, 7) is 13.3. The first-order valence-electron chi connectivity index (χ1n) is 11.7. The van der Waals surface area contributed by atoms with Gasteiger partial charge in [-0.05, 0) is 111 Å². The van der Waals surface area contributed by atoms with Crippen molar-refractivity contribution in [3.8, 4) is 0 Å². The van der Waals surface area contributed by atoms with Crippen LogP contribution in [0.15, 0.2) is 54.6 Å². The van der Waals surface area contributed by atoms with Crippen LogP contribution in [0.3, 0.4) is 0 Å². The Morgan fingerprint density at radius 3 is 1.61 bits per heavy atom. The highest BCUT2D eigenvalue weighted by molar-refractivity contribution is 5.34. The van der Waals surface area contributed by atoms with Crippen molar-refractivity contribution >= 4 is 0 Å². The van der Waals surface area contributed by atoms with Crippen LogP contribution in [-0.2, 0) is 19.3 Å². The van der Waals surface area contributed by atoms with Crippen LogP contribution in [0.5, 0.6) is 0 Å². The highest BCUT2D eigenvalue weighted by Crippen LogP contribution is 2.14. The van der Waals surface area contributed by atoms with Gasteiger partial charge >= 0.3 is 0 Å². The molecule has 0 amide bonds. The Balaban J connectivity index is 0.000000247. The lowest BCUT2D eigenvalue weighted by atomic mass is 10.0. The second-order valence-electron chi connectivity index (χ2n) is 8.57. The number of hydrogen-bond donors (Lipinski definition) is 3. The third-order valence-electron chi connectivity index (χ3n) is 6.08. The second-order valence-corrected chi connectivity index (χ2v) is 8.57. The van der Waals surface area contributed by atoms with Crippen molar-refractivity contribution in [2.45, 2.75) is 60.8 Å². The van der Waals surface area contributed by atoms with Gasteiger partial charge in [-0.1, -0.05) is 54.6 Å². The Bertz CT molecular complexity index is 956. The van der Waals surface area contributed by atoms with E-state index < -0.39 is 0 Å². The van der Waals surface area contributed by atoms with Crippen LogP contribution in [0.1, 0.15) is 50.1 Å². The van der Waals surface area contributed by atoms with Crippen molar-refractivity contribution in [2.24, 2.45) is 0 Å². The summed E-state index contributed by atoms with van der Waals surface area (Å²) in [5.74, 6) is 0.